The van der Waals surface area contributed by atoms with Crippen molar-refractivity contribution in [2.75, 3.05) is 39.6 Å². The SMILES string of the molecule is CCCCCCCCCCCCCCCCCCCCC(=O)O[C@H](COC(=O)CCCCCCCCCCCCCCCCC(C)C)COP(=O)(O)OC[C@@H](O)COP(=O)(O)OC[C@@H](COC(=O)CCCCCCC)OC(=O)CCCCCCC. The van der Waals surface area contributed by atoms with Gasteiger partial charge in [-0.1, -0.05) is 285 Å². The zero-order chi connectivity index (χ0) is 62.8. The van der Waals surface area contributed by atoms with E-state index >= 15 is 0 Å². The number of hydrogen-bond acceptors (Lipinski definition) is 15. The van der Waals surface area contributed by atoms with Crippen molar-refractivity contribution in [1.82, 2.24) is 0 Å². The second kappa shape index (κ2) is 59.7. The molecule has 504 valence electrons. The molecule has 0 saturated heterocycles. The number of aliphatic hydroxyl groups is 1. The summed E-state index contributed by atoms with van der Waals surface area (Å²) in [6, 6.07) is 0. The van der Waals surface area contributed by atoms with Crippen LogP contribution < -0.4 is 0 Å². The minimum atomic E-state index is -4.94. The third-order valence-corrected chi connectivity index (χ3v) is 17.2. The third kappa shape index (κ3) is 60.7. The highest BCUT2D eigenvalue weighted by Gasteiger charge is 2.30. The zero-order valence-corrected chi connectivity index (χ0v) is 56.5. The molecule has 0 aliphatic carbocycles. The van der Waals surface area contributed by atoms with Crippen molar-refractivity contribution in [3.05, 3.63) is 0 Å². The Hall–Kier alpha value is -1.94. The molecule has 0 aromatic heterocycles. The highest BCUT2D eigenvalue weighted by atomic mass is 31.2. The number of aliphatic hydroxyl groups excluding tert-OH is 1. The van der Waals surface area contributed by atoms with Crippen molar-refractivity contribution in [2.24, 2.45) is 5.92 Å². The van der Waals surface area contributed by atoms with Crippen LogP contribution in [0.25, 0.3) is 0 Å². The lowest BCUT2D eigenvalue weighted by molar-refractivity contribution is -0.161. The van der Waals surface area contributed by atoms with Gasteiger partial charge >= 0.3 is 39.5 Å². The molecule has 0 bridgehead atoms. The van der Waals surface area contributed by atoms with Gasteiger partial charge in [0.15, 0.2) is 12.2 Å². The number of esters is 4. The Bertz CT molecular complexity index is 1650. The molecule has 19 heteroatoms. The van der Waals surface area contributed by atoms with Gasteiger partial charge in [-0.25, -0.2) is 9.13 Å². The monoisotopic (exact) mass is 1250 g/mol. The summed E-state index contributed by atoms with van der Waals surface area (Å²) in [5.74, 6) is -1.35. The number of rotatable bonds is 66. The van der Waals surface area contributed by atoms with Crippen LogP contribution in [0, 0.1) is 5.92 Å². The summed E-state index contributed by atoms with van der Waals surface area (Å²) in [6.07, 6.45) is 45.4. The molecule has 0 amide bonds. The van der Waals surface area contributed by atoms with Gasteiger partial charge < -0.3 is 33.8 Å². The summed E-state index contributed by atoms with van der Waals surface area (Å²) in [4.78, 5) is 71.8. The molecular formula is C66H128O17P2. The summed E-state index contributed by atoms with van der Waals surface area (Å²) in [6.45, 7) is 7.05. The van der Waals surface area contributed by atoms with Crippen LogP contribution in [-0.4, -0.2) is 96.7 Å². The average molecular weight is 1260 g/mol. The van der Waals surface area contributed by atoms with E-state index in [2.05, 4.69) is 34.6 Å². The van der Waals surface area contributed by atoms with Crippen molar-refractivity contribution in [2.45, 2.75) is 355 Å². The Morgan fingerprint density at radius 3 is 0.800 bits per heavy atom. The molecule has 0 radical (unpaired) electrons. The summed E-state index contributed by atoms with van der Waals surface area (Å²) >= 11 is 0. The Balaban J connectivity index is 5.07. The topological polar surface area (TPSA) is 237 Å². The summed E-state index contributed by atoms with van der Waals surface area (Å²) in [7, 11) is -9.87. The number of carbonyl (C=O) groups is 4. The molecule has 0 saturated carbocycles. The van der Waals surface area contributed by atoms with Crippen LogP contribution >= 0.6 is 15.6 Å². The smallest absolute Gasteiger partial charge is 0.462 e. The fourth-order valence-electron chi connectivity index (χ4n) is 9.94. The highest BCUT2D eigenvalue weighted by molar-refractivity contribution is 7.47. The second-order valence-electron chi connectivity index (χ2n) is 24.3. The van der Waals surface area contributed by atoms with Crippen LogP contribution in [0.2, 0.25) is 0 Å². The second-order valence-corrected chi connectivity index (χ2v) is 27.2. The lowest BCUT2D eigenvalue weighted by Gasteiger charge is -2.21. The highest BCUT2D eigenvalue weighted by Crippen LogP contribution is 2.45. The molecule has 0 spiro atoms. The van der Waals surface area contributed by atoms with E-state index in [-0.39, 0.29) is 25.7 Å². The van der Waals surface area contributed by atoms with Gasteiger partial charge in [-0.15, -0.1) is 0 Å². The van der Waals surface area contributed by atoms with Crippen LogP contribution in [0.1, 0.15) is 336 Å². The maximum atomic E-state index is 13.0. The van der Waals surface area contributed by atoms with Gasteiger partial charge in [0.25, 0.3) is 0 Å². The molecule has 0 aliphatic heterocycles. The van der Waals surface area contributed by atoms with E-state index in [0.717, 1.165) is 102 Å². The molecule has 3 N–H and O–H groups in total. The van der Waals surface area contributed by atoms with Gasteiger partial charge in [-0.2, -0.15) is 0 Å². The van der Waals surface area contributed by atoms with Gasteiger partial charge in [-0.05, 0) is 31.6 Å². The molecule has 0 aromatic carbocycles. The lowest BCUT2D eigenvalue weighted by atomic mass is 10.0. The first-order chi connectivity index (χ1) is 41.0. The van der Waals surface area contributed by atoms with Gasteiger partial charge in [-0.3, -0.25) is 37.3 Å². The van der Waals surface area contributed by atoms with Crippen molar-refractivity contribution in [1.29, 1.82) is 0 Å². The number of carbonyl (C=O) groups excluding carboxylic acids is 4. The van der Waals surface area contributed by atoms with Crippen LogP contribution in [0.5, 0.6) is 0 Å². The van der Waals surface area contributed by atoms with Gasteiger partial charge in [0.05, 0.1) is 26.4 Å². The normalized spacial score (nSPS) is 14.2. The van der Waals surface area contributed by atoms with E-state index < -0.39 is 97.5 Å². The lowest BCUT2D eigenvalue weighted by Crippen LogP contribution is -2.30. The predicted molar refractivity (Wildman–Crippen MR) is 340 cm³/mol. The van der Waals surface area contributed by atoms with E-state index in [4.69, 9.17) is 37.0 Å². The fourth-order valence-corrected chi connectivity index (χ4v) is 11.5. The Labute approximate surface area is 517 Å². The summed E-state index contributed by atoms with van der Waals surface area (Å²) in [5.41, 5.74) is 0. The number of phosphoric acid groups is 2. The summed E-state index contributed by atoms with van der Waals surface area (Å²) < 4.78 is 67.6. The molecule has 0 heterocycles. The standard InChI is InChI=1S/C66H128O17P2/c1-6-9-12-15-16-17-18-19-20-21-22-23-28-31-34-37-42-47-52-66(71)83-62(56-77-64(69)50-45-41-36-33-30-27-25-24-26-29-32-35-40-43-48-59(4)5)58-81-85(74,75)79-54-60(67)53-78-84(72,73)80-57-61(82-65(70)51-46-39-14-11-8-3)55-76-63(68)49-44-38-13-10-7-2/h59-62,67H,6-58H2,1-5H3,(H,72,73)(H,74,75)/t60-,61+,62+/m0/s1. The van der Waals surface area contributed by atoms with E-state index in [0.29, 0.717) is 25.7 Å². The van der Waals surface area contributed by atoms with E-state index in [9.17, 15) is 43.2 Å². The number of unbranched alkanes of at least 4 members (excludes halogenated alkanes) is 38. The Kier molecular flexibility index (Phi) is 58.3. The quantitative estimate of drug-likeness (QED) is 0.0222. The van der Waals surface area contributed by atoms with Crippen LogP contribution in [0.3, 0.4) is 0 Å². The van der Waals surface area contributed by atoms with E-state index in [1.807, 2.05) is 0 Å². The summed E-state index contributed by atoms with van der Waals surface area (Å²) in [5, 5.41) is 10.5. The van der Waals surface area contributed by atoms with Gasteiger partial charge in [0.2, 0.25) is 0 Å². The maximum absolute atomic E-state index is 13.0. The van der Waals surface area contributed by atoms with E-state index in [1.54, 1.807) is 0 Å². The number of ether oxygens (including phenoxy) is 4. The first-order valence-corrected chi connectivity index (χ1v) is 37.6. The molecule has 0 fully saturated rings. The van der Waals surface area contributed by atoms with Gasteiger partial charge in [0, 0.05) is 25.7 Å². The zero-order valence-electron chi connectivity index (χ0n) is 54.7. The van der Waals surface area contributed by atoms with Crippen molar-refractivity contribution >= 4 is 39.5 Å². The van der Waals surface area contributed by atoms with Crippen LogP contribution in [0.15, 0.2) is 0 Å². The maximum Gasteiger partial charge on any atom is 0.472 e. The number of hydrogen-bond donors (Lipinski definition) is 3. The predicted octanol–water partition coefficient (Wildman–Crippen LogP) is 18.6. The van der Waals surface area contributed by atoms with Crippen molar-refractivity contribution in [3.63, 3.8) is 0 Å². The minimum absolute atomic E-state index is 0.0990. The molecule has 0 rings (SSSR count). The Morgan fingerprint density at radius 2 is 0.541 bits per heavy atom. The third-order valence-electron chi connectivity index (χ3n) is 15.3. The molecule has 85 heavy (non-hydrogen) atoms. The van der Waals surface area contributed by atoms with Crippen molar-refractivity contribution < 1.29 is 80.2 Å². The molecule has 17 nitrogen and oxygen atoms in total. The number of phosphoric ester groups is 2. The molecular weight excluding hydrogens is 1130 g/mol. The largest absolute Gasteiger partial charge is 0.472 e. The fraction of sp³-hybridized carbons (Fsp3) is 0.939. The first kappa shape index (κ1) is 83.1. The molecule has 0 aliphatic rings. The van der Waals surface area contributed by atoms with Crippen LogP contribution in [-0.2, 0) is 65.4 Å². The molecule has 5 atom stereocenters. The van der Waals surface area contributed by atoms with E-state index in [1.165, 1.54) is 154 Å². The minimum Gasteiger partial charge on any atom is -0.462 e. The van der Waals surface area contributed by atoms with Crippen LogP contribution in [0.4, 0.5) is 0 Å². The Morgan fingerprint density at radius 1 is 0.318 bits per heavy atom. The molecule has 2 unspecified atom stereocenters. The molecule has 0 aromatic rings. The van der Waals surface area contributed by atoms with Crippen molar-refractivity contribution in [3.8, 4) is 0 Å². The first-order valence-electron chi connectivity index (χ1n) is 34.6. The van der Waals surface area contributed by atoms with Gasteiger partial charge in [0.1, 0.15) is 19.3 Å². The average Bonchev–Trinajstić information content (AvgIpc) is 3.57.